The number of aliphatic hydroxyl groups excluding tert-OH is 1. The molecule has 98 valence electrons. The van der Waals surface area contributed by atoms with Gasteiger partial charge in [0, 0.05) is 19.5 Å². The molecule has 3 nitrogen and oxygen atoms in total. The Morgan fingerprint density at radius 2 is 2.11 bits per heavy atom. The largest absolute Gasteiger partial charge is 0.393 e. The lowest BCUT2D eigenvalue weighted by molar-refractivity contribution is -0.134. The Labute approximate surface area is 108 Å². The summed E-state index contributed by atoms with van der Waals surface area (Å²) in [5.74, 6) is 0.400. The average Bonchev–Trinajstić information content (AvgIpc) is 2.40. The second-order valence-electron chi connectivity index (χ2n) is 5.16. The van der Waals surface area contributed by atoms with E-state index in [1.165, 1.54) is 5.56 Å². The standard InChI is InChI=1S/C15H21NO2/c1-12-11-16(10-9-14(12)17)15(18)8-7-13-5-3-2-4-6-13/h2-6,12,14,17H,7-11H2,1H3. The summed E-state index contributed by atoms with van der Waals surface area (Å²) >= 11 is 0. The summed E-state index contributed by atoms with van der Waals surface area (Å²) in [6.07, 6.45) is 1.82. The third kappa shape index (κ3) is 3.33. The highest BCUT2D eigenvalue weighted by molar-refractivity contribution is 5.76. The Bertz CT molecular complexity index is 391. The maximum Gasteiger partial charge on any atom is 0.222 e. The molecule has 2 atom stereocenters. The molecule has 2 rings (SSSR count). The van der Waals surface area contributed by atoms with Crippen LogP contribution in [0.15, 0.2) is 30.3 Å². The molecule has 0 spiro atoms. The van der Waals surface area contributed by atoms with Gasteiger partial charge in [0.15, 0.2) is 0 Å². The number of nitrogens with zero attached hydrogens (tertiary/aromatic N) is 1. The zero-order valence-electron chi connectivity index (χ0n) is 10.9. The lowest BCUT2D eigenvalue weighted by atomic mass is 9.96. The predicted molar refractivity (Wildman–Crippen MR) is 71.1 cm³/mol. The molecule has 0 bridgehead atoms. The zero-order valence-corrected chi connectivity index (χ0v) is 10.9. The minimum absolute atomic E-state index is 0.194. The van der Waals surface area contributed by atoms with Crippen molar-refractivity contribution in [2.45, 2.75) is 32.3 Å². The molecule has 1 saturated heterocycles. The van der Waals surface area contributed by atoms with Gasteiger partial charge in [-0.2, -0.15) is 0 Å². The third-order valence-corrected chi connectivity index (χ3v) is 3.68. The van der Waals surface area contributed by atoms with Gasteiger partial charge in [0.05, 0.1) is 6.10 Å². The average molecular weight is 247 g/mol. The monoisotopic (exact) mass is 247 g/mol. The smallest absolute Gasteiger partial charge is 0.222 e. The minimum Gasteiger partial charge on any atom is -0.393 e. The van der Waals surface area contributed by atoms with Crippen LogP contribution in [-0.4, -0.2) is 35.1 Å². The van der Waals surface area contributed by atoms with Crippen molar-refractivity contribution in [3.8, 4) is 0 Å². The van der Waals surface area contributed by atoms with Gasteiger partial charge in [0.25, 0.3) is 0 Å². The number of hydrogen-bond acceptors (Lipinski definition) is 2. The lowest BCUT2D eigenvalue weighted by Gasteiger charge is -2.34. The molecule has 0 aromatic heterocycles. The lowest BCUT2D eigenvalue weighted by Crippen LogP contribution is -2.45. The molecule has 2 unspecified atom stereocenters. The quantitative estimate of drug-likeness (QED) is 0.885. The molecule has 0 saturated carbocycles. The van der Waals surface area contributed by atoms with Crippen LogP contribution in [0, 0.1) is 5.92 Å². The van der Waals surface area contributed by atoms with Crippen LogP contribution < -0.4 is 0 Å². The van der Waals surface area contributed by atoms with Gasteiger partial charge in [-0.15, -0.1) is 0 Å². The van der Waals surface area contributed by atoms with Gasteiger partial charge in [-0.1, -0.05) is 37.3 Å². The van der Waals surface area contributed by atoms with Crippen molar-refractivity contribution < 1.29 is 9.90 Å². The van der Waals surface area contributed by atoms with E-state index in [2.05, 4.69) is 12.1 Å². The molecule has 1 aliphatic rings. The van der Waals surface area contributed by atoms with Crippen LogP contribution in [0.25, 0.3) is 0 Å². The molecule has 0 radical (unpaired) electrons. The number of rotatable bonds is 3. The van der Waals surface area contributed by atoms with E-state index < -0.39 is 0 Å². The van der Waals surface area contributed by atoms with E-state index in [1.807, 2.05) is 30.0 Å². The fourth-order valence-corrected chi connectivity index (χ4v) is 2.41. The van der Waals surface area contributed by atoms with Crippen molar-refractivity contribution in [2.24, 2.45) is 5.92 Å². The van der Waals surface area contributed by atoms with E-state index in [0.29, 0.717) is 25.9 Å². The molecule has 3 heteroatoms. The Hall–Kier alpha value is -1.35. The van der Waals surface area contributed by atoms with Crippen LogP contribution in [0.4, 0.5) is 0 Å². The molecule has 1 aliphatic heterocycles. The molecular weight excluding hydrogens is 226 g/mol. The molecule has 0 aliphatic carbocycles. The van der Waals surface area contributed by atoms with E-state index in [9.17, 15) is 9.90 Å². The van der Waals surface area contributed by atoms with Crippen LogP contribution in [0.5, 0.6) is 0 Å². The number of hydrogen-bond donors (Lipinski definition) is 1. The van der Waals surface area contributed by atoms with Gasteiger partial charge in [-0.05, 0) is 24.3 Å². The summed E-state index contributed by atoms with van der Waals surface area (Å²) in [5.41, 5.74) is 1.20. The maximum atomic E-state index is 12.1. The molecular formula is C15H21NO2. The molecule has 18 heavy (non-hydrogen) atoms. The molecule has 1 N–H and O–H groups in total. The van der Waals surface area contributed by atoms with Crippen molar-refractivity contribution in [3.05, 3.63) is 35.9 Å². The second-order valence-corrected chi connectivity index (χ2v) is 5.16. The highest BCUT2D eigenvalue weighted by Crippen LogP contribution is 2.17. The zero-order chi connectivity index (χ0) is 13.0. The van der Waals surface area contributed by atoms with E-state index in [0.717, 1.165) is 6.42 Å². The van der Waals surface area contributed by atoms with Crippen LogP contribution in [0.1, 0.15) is 25.3 Å². The number of carbonyl (C=O) groups excluding carboxylic acids is 1. The highest BCUT2D eigenvalue weighted by atomic mass is 16.3. The van der Waals surface area contributed by atoms with Gasteiger partial charge >= 0.3 is 0 Å². The van der Waals surface area contributed by atoms with E-state index in [1.54, 1.807) is 0 Å². The van der Waals surface area contributed by atoms with Crippen LogP contribution >= 0.6 is 0 Å². The van der Waals surface area contributed by atoms with Crippen molar-refractivity contribution in [1.82, 2.24) is 4.90 Å². The Kier molecular flexibility index (Phi) is 4.37. The summed E-state index contributed by atoms with van der Waals surface area (Å²) in [4.78, 5) is 14.0. The maximum absolute atomic E-state index is 12.1. The normalized spacial score (nSPS) is 24.0. The van der Waals surface area contributed by atoms with E-state index in [4.69, 9.17) is 0 Å². The number of aliphatic hydroxyl groups is 1. The predicted octanol–water partition coefficient (Wildman–Crippen LogP) is 1.85. The van der Waals surface area contributed by atoms with Gasteiger partial charge in [0.2, 0.25) is 5.91 Å². The number of carbonyl (C=O) groups is 1. The van der Waals surface area contributed by atoms with E-state index >= 15 is 0 Å². The third-order valence-electron chi connectivity index (χ3n) is 3.68. The highest BCUT2D eigenvalue weighted by Gasteiger charge is 2.26. The molecule has 1 fully saturated rings. The first kappa shape index (κ1) is 13.1. The number of benzene rings is 1. The Morgan fingerprint density at radius 1 is 1.39 bits per heavy atom. The van der Waals surface area contributed by atoms with Gasteiger partial charge in [-0.3, -0.25) is 4.79 Å². The van der Waals surface area contributed by atoms with Gasteiger partial charge in [-0.25, -0.2) is 0 Å². The molecule has 1 heterocycles. The van der Waals surface area contributed by atoms with Crippen LogP contribution in [0.2, 0.25) is 0 Å². The first-order chi connectivity index (χ1) is 8.66. The van der Waals surface area contributed by atoms with Crippen LogP contribution in [-0.2, 0) is 11.2 Å². The summed E-state index contributed by atoms with van der Waals surface area (Å²) in [6, 6.07) is 10.1. The number of aryl methyl sites for hydroxylation is 1. The Balaban J connectivity index is 1.82. The van der Waals surface area contributed by atoms with Crippen LogP contribution in [0.3, 0.4) is 0 Å². The molecule has 1 aromatic carbocycles. The number of likely N-dealkylation sites (tertiary alicyclic amines) is 1. The van der Waals surface area contributed by atoms with Crippen molar-refractivity contribution in [2.75, 3.05) is 13.1 Å². The van der Waals surface area contributed by atoms with Gasteiger partial charge < -0.3 is 10.0 Å². The number of amides is 1. The molecule has 1 aromatic rings. The van der Waals surface area contributed by atoms with Crippen molar-refractivity contribution in [1.29, 1.82) is 0 Å². The summed E-state index contributed by atoms with van der Waals surface area (Å²) in [7, 11) is 0. The number of piperidine rings is 1. The van der Waals surface area contributed by atoms with Crippen molar-refractivity contribution in [3.63, 3.8) is 0 Å². The Morgan fingerprint density at radius 3 is 2.78 bits per heavy atom. The summed E-state index contributed by atoms with van der Waals surface area (Å²) < 4.78 is 0. The first-order valence-corrected chi connectivity index (χ1v) is 6.66. The fraction of sp³-hybridized carbons (Fsp3) is 0.533. The first-order valence-electron chi connectivity index (χ1n) is 6.66. The fourth-order valence-electron chi connectivity index (χ4n) is 2.41. The summed E-state index contributed by atoms with van der Waals surface area (Å²) in [6.45, 7) is 3.38. The SMILES string of the molecule is CC1CN(C(=O)CCc2ccccc2)CCC1O. The van der Waals surface area contributed by atoms with Gasteiger partial charge in [0.1, 0.15) is 0 Å². The topological polar surface area (TPSA) is 40.5 Å². The summed E-state index contributed by atoms with van der Waals surface area (Å²) in [5, 5.41) is 9.65. The molecule has 1 amide bonds. The van der Waals surface area contributed by atoms with E-state index in [-0.39, 0.29) is 17.9 Å². The second kappa shape index (κ2) is 6.01. The van der Waals surface area contributed by atoms with Crippen molar-refractivity contribution >= 4 is 5.91 Å². The minimum atomic E-state index is -0.247.